The number of β-amino-alcohol motifs (C(OH)–C–C–N with tert-alkyl or cyclic N) is 1. The van der Waals surface area contributed by atoms with Gasteiger partial charge in [-0.2, -0.15) is 0 Å². The van der Waals surface area contributed by atoms with E-state index in [1.54, 1.807) is 0 Å². The van der Waals surface area contributed by atoms with Crippen molar-refractivity contribution in [2.24, 2.45) is 5.92 Å². The number of amides is 2. The molecule has 2 heterocycles. The molecule has 8 heteroatoms. The zero-order valence-electron chi connectivity index (χ0n) is 13.6. The lowest BCUT2D eigenvalue weighted by Gasteiger charge is -2.39. The van der Waals surface area contributed by atoms with Crippen LogP contribution in [0.1, 0.15) is 19.3 Å². The topological polar surface area (TPSA) is 81.1 Å². The molecule has 0 aromatic heterocycles. The summed E-state index contributed by atoms with van der Waals surface area (Å²) in [7, 11) is 0. The second-order valence-corrected chi connectivity index (χ2v) is 6.78. The van der Waals surface area contributed by atoms with Crippen molar-refractivity contribution < 1.29 is 28.6 Å². The molecular weight excluding hydrogens is 334 g/mol. The van der Waals surface area contributed by atoms with Crippen LogP contribution in [0.3, 0.4) is 0 Å². The maximum atomic E-state index is 13.4. The third-order valence-corrected chi connectivity index (χ3v) is 4.79. The molecule has 0 spiro atoms. The highest BCUT2D eigenvalue weighted by Gasteiger charge is 2.41. The Hall–Kier alpha value is -2.06. The average molecular weight is 354 g/mol. The molecule has 0 aliphatic carbocycles. The standard InChI is InChI=1S/C17H20F2N2O4/c18-12-5-13(19)7-14(6-12)21-8-11(4-15(21)23)16(24)20-3-1-2-17(25,9-20)10-22/h5-7,11,22,25H,1-4,8-10H2. The summed E-state index contributed by atoms with van der Waals surface area (Å²) in [5.74, 6) is -2.89. The Balaban J connectivity index is 1.72. The van der Waals surface area contributed by atoms with Gasteiger partial charge in [-0.05, 0) is 25.0 Å². The van der Waals surface area contributed by atoms with Crippen LogP contribution < -0.4 is 4.90 Å². The monoisotopic (exact) mass is 354 g/mol. The number of carbonyl (C=O) groups is 2. The molecule has 1 aromatic carbocycles. The molecule has 2 fully saturated rings. The lowest BCUT2D eigenvalue weighted by atomic mass is 9.92. The third-order valence-electron chi connectivity index (χ3n) is 4.79. The Labute approximate surface area is 143 Å². The van der Waals surface area contributed by atoms with Gasteiger partial charge in [0, 0.05) is 31.3 Å². The Morgan fingerprint density at radius 3 is 2.60 bits per heavy atom. The summed E-state index contributed by atoms with van der Waals surface area (Å²) in [6.45, 7) is 0.0612. The molecule has 2 aliphatic rings. The van der Waals surface area contributed by atoms with E-state index in [-0.39, 0.29) is 37.0 Å². The van der Waals surface area contributed by atoms with Crippen LogP contribution in [0, 0.1) is 17.6 Å². The number of benzene rings is 1. The predicted molar refractivity (Wildman–Crippen MR) is 84.7 cm³/mol. The first kappa shape index (κ1) is 17.8. The van der Waals surface area contributed by atoms with Crippen LogP contribution in [-0.4, -0.2) is 58.8 Å². The number of aliphatic hydroxyl groups is 2. The number of nitrogens with zero attached hydrogens (tertiary/aromatic N) is 2. The van der Waals surface area contributed by atoms with E-state index in [0.29, 0.717) is 19.4 Å². The molecule has 25 heavy (non-hydrogen) atoms. The summed E-state index contributed by atoms with van der Waals surface area (Å²) < 4.78 is 26.7. The van der Waals surface area contributed by atoms with Gasteiger partial charge in [0.15, 0.2) is 0 Å². The molecule has 2 unspecified atom stereocenters. The quantitative estimate of drug-likeness (QED) is 0.836. The average Bonchev–Trinajstić information content (AvgIpc) is 2.95. The molecule has 2 atom stereocenters. The van der Waals surface area contributed by atoms with Gasteiger partial charge in [-0.25, -0.2) is 8.78 Å². The SMILES string of the molecule is O=C(C1CC(=O)N(c2cc(F)cc(F)c2)C1)N1CCCC(O)(CO)C1. The second-order valence-electron chi connectivity index (χ2n) is 6.78. The van der Waals surface area contributed by atoms with Crippen LogP contribution >= 0.6 is 0 Å². The summed E-state index contributed by atoms with van der Waals surface area (Å²) in [6, 6.07) is 2.83. The lowest BCUT2D eigenvalue weighted by molar-refractivity contribution is -0.144. The maximum Gasteiger partial charge on any atom is 0.228 e. The molecule has 0 saturated carbocycles. The summed E-state index contributed by atoms with van der Waals surface area (Å²) in [6.07, 6.45) is 0.916. The smallest absolute Gasteiger partial charge is 0.228 e. The van der Waals surface area contributed by atoms with Gasteiger partial charge >= 0.3 is 0 Å². The number of carbonyl (C=O) groups excluding carboxylic acids is 2. The van der Waals surface area contributed by atoms with Crippen molar-refractivity contribution in [2.45, 2.75) is 24.9 Å². The minimum absolute atomic E-state index is 0.0155. The fourth-order valence-electron chi connectivity index (χ4n) is 3.51. The number of aliphatic hydroxyl groups excluding tert-OH is 1. The normalized spacial score (nSPS) is 27.0. The lowest BCUT2D eigenvalue weighted by Crippen LogP contribution is -2.53. The summed E-state index contributed by atoms with van der Waals surface area (Å²) in [5.41, 5.74) is -1.23. The van der Waals surface area contributed by atoms with Crippen molar-refractivity contribution in [1.29, 1.82) is 0 Å². The molecule has 0 bridgehead atoms. The first-order chi connectivity index (χ1) is 11.8. The molecule has 2 saturated heterocycles. The largest absolute Gasteiger partial charge is 0.393 e. The zero-order chi connectivity index (χ0) is 18.2. The first-order valence-corrected chi connectivity index (χ1v) is 8.20. The van der Waals surface area contributed by atoms with Gasteiger partial charge in [0.2, 0.25) is 11.8 Å². The first-order valence-electron chi connectivity index (χ1n) is 8.20. The fraction of sp³-hybridized carbons (Fsp3) is 0.529. The molecule has 6 nitrogen and oxygen atoms in total. The summed E-state index contributed by atoms with van der Waals surface area (Å²) in [4.78, 5) is 27.5. The molecule has 136 valence electrons. The van der Waals surface area contributed by atoms with Crippen LogP contribution in [0.2, 0.25) is 0 Å². The molecule has 3 rings (SSSR count). The summed E-state index contributed by atoms with van der Waals surface area (Å²) >= 11 is 0. The van der Waals surface area contributed by atoms with Gasteiger partial charge in [0.25, 0.3) is 0 Å². The predicted octanol–water partition coefficient (Wildman–Crippen LogP) is 0.663. The van der Waals surface area contributed by atoms with E-state index >= 15 is 0 Å². The fourth-order valence-corrected chi connectivity index (χ4v) is 3.51. The van der Waals surface area contributed by atoms with E-state index in [0.717, 1.165) is 18.2 Å². The molecule has 2 amide bonds. The van der Waals surface area contributed by atoms with Crippen molar-refractivity contribution in [3.05, 3.63) is 29.8 Å². The van der Waals surface area contributed by atoms with Crippen LogP contribution in [0.25, 0.3) is 0 Å². The Kier molecular flexibility index (Phi) is 4.75. The van der Waals surface area contributed by atoms with E-state index in [1.165, 1.54) is 9.80 Å². The molecule has 2 N–H and O–H groups in total. The maximum absolute atomic E-state index is 13.4. The van der Waals surface area contributed by atoms with E-state index < -0.39 is 29.8 Å². The van der Waals surface area contributed by atoms with Crippen LogP contribution in [-0.2, 0) is 9.59 Å². The zero-order valence-corrected chi connectivity index (χ0v) is 13.6. The van der Waals surface area contributed by atoms with E-state index in [2.05, 4.69) is 0 Å². The van der Waals surface area contributed by atoms with Gasteiger partial charge in [-0.15, -0.1) is 0 Å². The molecule has 2 aliphatic heterocycles. The highest BCUT2D eigenvalue weighted by Crippen LogP contribution is 2.29. The molecular formula is C17H20F2N2O4. The summed E-state index contributed by atoms with van der Waals surface area (Å²) in [5, 5.41) is 19.5. The number of piperidine rings is 1. The van der Waals surface area contributed by atoms with E-state index in [9.17, 15) is 28.6 Å². The van der Waals surface area contributed by atoms with Crippen molar-refractivity contribution in [2.75, 3.05) is 31.1 Å². The van der Waals surface area contributed by atoms with Gasteiger partial charge < -0.3 is 20.0 Å². The third kappa shape index (κ3) is 3.64. The minimum atomic E-state index is -1.32. The van der Waals surface area contributed by atoms with Crippen molar-refractivity contribution >= 4 is 17.5 Å². The number of halogens is 2. The second kappa shape index (κ2) is 6.68. The minimum Gasteiger partial charge on any atom is -0.393 e. The van der Waals surface area contributed by atoms with Crippen molar-refractivity contribution in [3.63, 3.8) is 0 Å². The van der Waals surface area contributed by atoms with Gasteiger partial charge in [-0.3, -0.25) is 9.59 Å². The van der Waals surface area contributed by atoms with E-state index in [1.807, 2.05) is 0 Å². The highest BCUT2D eigenvalue weighted by molar-refractivity contribution is 6.00. The Bertz CT molecular complexity index is 679. The number of hydrogen-bond acceptors (Lipinski definition) is 4. The van der Waals surface area contributed by atoms with Gasteiger partial charge in [0.1, 0.15) is 17.2 Å². The van der Waals surface area contributed by atoms with E-state index in [4.69, 9.17) is 0 Å². The Morgan fingerprint density at radius 1 is 1.28 bits per heavy atom. The van der Waals surface area contributed by atoms with Crippen molar-refractivity contribution in [3.8, 4) is 0 Å². The molecule has 1 aromatic rings. The number of hydrogen-bond donors (Lipinski definition) is 2. The Morgan fingerprint density at radius 2 is 1.96 bits per heavy atom. The van der Waals surface area contributed by atoms with Crippen LogP contribution in [0.4, 0.5) is 14.5 Å². The molecule has 0 radical (unpaired) electrons. The van der Waals surface area contributed by atoms with Gasteiger partial charge in [-0.1, -0.05) is 0 Å². The number of anilines is 1. The number of rotatable bonds is 3. The van der Waals surface area contributed by atoms with Crippen LogP contribution in [0.5, 0.6) is 0 Å². The van der Waals surface area contributed by atoms with Crippen molar-refractivity contribution in [1.82, 2.24) is 4.90 Å². The van der Waals surface area contributed by atoms with Crippen LogP contribution in [0.15, 0.2) is 18.2 Å². The number of likely N-dealkylation sites (tertiary alicyclic amines) is 1. The highest BCUT2D eigenvalue weighted by atomic mass is 19.1. The van der Waals surface area contributed by atoms with Gasteiger partial charge in [0.05, 0.1) is 19.1 Å².